The van der Waals surface area contributed by atoms with Gasteiger partial charge in [-0.25, -0.2) is 0 Å². The van der Waals surface area contributed by atoms with Crippen molar-refractivity contribution in [2.45, 2.75) is 26.3 Å². The van der Waals surface area contributed by atoms with Gasteiger partial charge in [-0.2, -0.15) is 0 Å². The molecule has 6 heteroatoms. The van der Waals surface area contributed by atoms with E-state index in [1.165, 1.54) is 5.56 Å². The third-order valence-corrected chi connectivity index (χ3v) is 5.60. The number of hydrogen-bond acceptors (Lipinski definition) is 3. The molecule has 2 atom stereocenters. The Morgan fingerprint density at radius 2 is 1.48 bits per heavy atom. The van der Waals surface area contributed by atoms with E-state index in [-0.39, 0.29) is 36.2 Å². The molecular weight excluding hydrogens is 386 g/mol. The Hall–Kier alpha value is -2.37. The van der Waals surface area contributed by atoms with Crippen molar-refractivity contribution in [3.8, 4) is 0 Å². The van der Waals surface area contributed by atoms with Crippen molar-refractivity contribution in [1.29, 1.82) is 0 Å². The highest BCUT2D eigenvalue weighted by Gasteiger charge is 2.30. The maximum atomic E-state index is 12.9. The molecule has 1 saturated heterocycles. The molecule has 1 aliphatic heterocycles. The number of hydrogen-bond donors (Lipinski definition) is 1. The van der Waals surface area contributed by atoms with Crippen LogP contribution in [0, 0.1) is 5.92 Å². The molecular formula is C23H30ClN3O2. The number of halogens is 1. The molecule has 156 valence electrons. The second-order valence-corrected chi connectivity index (χ2v) is 7.39. The number of aryl methyl sites for hydroxylation is 1. The van der Waals surface area contributed by atoms with Crippen molar-refractivity contribution in [2.24, 2.45) is 11.7 Å². The van der Waals surface area contributed by atoms with E-state index in [0.717, 1.165) is 12.0 Å². The normalized spacial score (nSPS) is 16.0. The van der Waals surface area contributed by atoms with Crippen LogP contribution < -0.4 is 5.73 Å². The van der Waals surface area contributed by atoms with Crippen LogP contribution in [-0.2, 0) is 11.2 Å². The first-order valence-electron chi connectivity index (χ1n) is 9.98. The summed E-state index contributed by atoms with van der Waals surface area (Å²) in [5.41, 5.74) is 9.20. The van der Waals surface area contributed by atoms with Gasteiger partial charge in [0.25, 0.3) is 5.91 Å². The summed E-state index contributed by atoms with van der Waals surface area (Å²) in [6, 6.07) is 17.2. The predicted molar refractivity (Wildman–Crippen MR) is 118 cm³/mol. The highest BCUT2D eigenvalue weighted by molar-refractivity contribution is 5.94. The number of carbonyl (C=O) groups is 2. The van der Waals surface area contributed by atoms with E-state index in [0.29, 0.717) is 31.7 Å². The maximum absolute atomic E-state index is 12.9. The smallest absolute Gasteiger partial charge is 0.253 e. The Morgan fingerprint density at radius 3 is 2.03 bits per heavy atom. The highest BCUT2D eigenvalue weighted by Crippen LogP contribution is 2.22. The Labute approximate surface area is 179 Å². The zero-order valence-corrected chi connectivity index (χ0v) is 17.9. The van der Waals surface area contributed by atoms with E-state index in [9.17, 15) is 9.59 Å². The first-order valence-corrected chi connectivity index (χ1v) is 9.98. The molecule has 0 saturated carbocycles. The zero-order valence-electron chi connectivity index (χ0n) is 17.1. The van der Waals surface area contributed by atoms with Gasteiger partial charge in [-0.15, -0.1) is 12.4 Å². The lowest BCUT2D eigenvalue weighted by molar-refractivity contribution is -0.137. The fraction of sp³-hybridized carbons (Fsp3) is 0.391. The molecule has 2 aromatic carbocycles. The van der Waals surface area contributed by atoms with Gasteiger partial charge in [0.2, 0.25) is 5.91 Å². The van der Waals surface area contributed by atoms with Crippen molar-refractivity contribution in [1.82, 2.24) is 9.80 Å². The first-order chi connectivity index (χ1) is 13.5. The minimum absolute atomic E-state index is 0. The number of benzene rings is 2. The lowest BCUT2D eigenvalue weighted by atomic mass is 9.94. The summed E-state index contributed by atoms with van der Waals surface area (Å²) in [5.74, 6) is -0.217. The Balaban J connectivity index is 0.00000300. The molecule has 3 rings (SSSR count). The summed E-state index contributed by atoms with van der Waals surface area (Å²) in [4.78, 5) is 29.2. The van der Waals surface area contributed by atoms with Crippen LogP contribution in [0.1, 0.15) is 41.4 Å². The largest absolute Gasteiger partial charge is 0.339 e. The highest BCUT2D eigenvalue weighted by atomic mass is 35.5. The standard InChI is InChI=1S/C23H29N3O2.ClH/c1-3-18-9-11-20(12-10-18)23(28)26-15-13-25(14-16-26)22(27)17(2)21(24)19-7-5-4-6-8-19;/h4-12,17,21H,3,13-16,24H2,1-2H3;1H. The van der Waals surface area contributed by atoms with Gasteiger partial charge >= 0.3 is 0 Å². The van der Waals surface area contributed by atoms with Gasteiger partial charge in [0, 0.05) is 37.8 Å². The van der Waals surface area contributed by atoms with Crippen LogP contribution in [0.2, 0.25) is 0 Å². The van der Waals surface area contributed by atoms with Crippen LogP contribution in [0.15, 0.2) is 54.6 Å². The van der Waals surface area contributed by atoms with Crippen LogP contribution in [0.25, 0.3) is 0 Å². The first kappa shape index (κ1) is 22.9. The molecule has 0 aliphatic carbocycles. The summed E-state index contributed by atoms with van der Waals surface area (Å²) in [6.07, 6.45) is 0.957. The zero-order chi connectivity index (χ0) is 20.1. The van der Waals surface area contributed by atoms with Gasteiger partial charge in [0.15, 0.2) is 0 Å². The lowest BCUT2D eigenvalue weighted by Gasteiger charge is -2.37. The second-order valence-electron chi connectivity index (χ2n) is 7.39. The fourth-order valence-electron chi connectivity index (χ4n) is 3.60. The number of carbonyl (C=O) groups excluding carboxylic acids is 2. The van der Waals surface area contributed by atoms with E-state index in [4.69, 9.17) is 5.73 Å². The summed E-state index contributed by atoms with van der Waals surface area (Å²) >= 11 is 0. The maximum Gasteiger partial charge on any atom is 0.253 e. The molecule has 1 heterocycles. The predicted octanol–water partition coefficient (Wildman–Crippen LogP) is 3.29. The molecule has 5 nitrogen and oxygen atoms in total. The molecule has 1 aliphatic rings. The molecule has 0 radical (unpaired) electrons. The van der Waals surface area contributed by atoms with Crippen LogP contribution in [0.4, 0.5) is 0 Å². The summed E-state index contributed by atoms with van der Waals surface area (Å²) in [5, 5.41) is 0. The van der Waals surface area contributed by atoms with Crippen molar-refractivity contribution >= 4 is 24.2 Å². The summed E-state index contributed by atoms with van der Waals surface area (Å²) in [6.45, 7) is 6.16. The van der Waals surface area contributed by atoms with Crippen molar-refractivity contribution in [3.05, 3.63) is 71.3 Å². The average Bonchev–Trinajstić information content (AvgIpc) is 2.78. The van der Waals surface area contributed by atoms with Crippen LogP contribution in [0.3, 0.4) is 0 Å². The Morgan fingerprint density at radius 1 is 0.931 bits per heavy atom. The molecule has 2 aromatic rings. The van der Waals surface area contributed by atoms with Crippen molar-refractivity contribution < 1.29 is 9.59 Å². The summed E-state index contributed by atoms with van der Waals surface area (Å²) < 4.78 is 0. The number of rotatable bonds is 5. The Bertz CT molecular complexity index is 803. The summed E-state index contributed by atoms with van der Waals surface area (Å²) in [7, 11) is 0. The van der Waals surface area contributed by atoms with Crippen LogP contribution in [0.5, 0.6) is 0 Å². The molecule has 0 bridgehead atoms. The number of amides is 2. The van der Waals surface area contributed by atoms with E-state index >= 15 is 0 Å². The monoisotopic (exact) mass is 415 g/mol. The van der Waals surface area contributed by atoms with Gasteiger partial charge in [-0.05, 0) is 29.7 Å². The number of nitrogens with zero attached hydrogens (tertiary/aromatic N) is 2. The quantitative estimate of drug-likeness (QED) is 0.814. The number of nitrogens with two attached hydrogens (primary N) is 1. The molecule has 0 aromatic heterocycles. The molecule has 1 fully saturated rings. The van der Waals surface area contributed by atoms with Crippen LogP contribution >= 0.6 is 12.4 Å². The topological polar surface area (TPSA) is 66.6 Å². The van der Waals surface area contributed by atoms with Gasteiger partial charge in [0.1, 0.15) is 0 Å². The molecule has 2 amide bonds. The third-order valence-electron chi connectivity index (χ3n) is 5.60. The molecule has 2 unspecified atom stereocenters. The van der Waals surface area contributed by atoms with E-state index in [1.54, 1.807) is 0 Å². The number of piperazine rings is 1. The van der Waals surface area contributed by atoms with Crippen molar-refractivity contribution in [3.63, 3.8) is 0 Å². The van der Waals surface area contributed by atoms with Crippen LogP contribution in [-0.4, -0.2) is 47.8 Å². The molecule has 29 heavy (non-hydrogen) atoms. The minimum atomic E-state index is -0.328. The molecule has 2 N–H and O–H groups in total. The lowest BCUT2D eigenvalue weighted by Crippen LogP contribution is -2.52. The fourth-order valence-corrected chi connectivity index (χ4v) is 3.60. The molecule has 0 spiro atoms. The Kier molecular flexibility index (Phi) is 8.23. The second kappa shape index (κ2) is 10.4. The van der Waals surface area contributed by atoms with Crippen molar-refractivity contribution in [2.75, 3.05) is 26.2 Å². The van der Waals surface area contributed by atoms with Gasteiger partial charge in [0.05, 0.1) is 5.92 Å². The SMILES string of the molecule is CCc1ccc(C(=O)N2CCN(C(=O)C(C)C(N)c3ccccc3)CC2)cc1.Cl. The third kappa shape index (κ3) is 5.37. The van der Waals surface area contributed by atoms with Gasteiger partial charge < -0.3 is 15.5 Å². The van der Waals surface area contributed by atoms with E-state index in [2.05, 4.69) is 6.92 Å². The van der Waals surface area contributed by atoms with E-state index < -0.39 is 0 Å². The van der Waals surface area contributed by atoms with Gasteiger partial charge in [-0.3, -0.25) is 9.59 Å². The average molecular weight is 416 g/mol. The van der Waals surface area contributed by atoms with Gasteiger partial charge in [-0.1, -0.05) is 56.3 Å². The minimum Gasteiger partial charge on any atom is -0.339 e. The van der Waals surface area contributed by atoms with E-state index in [1.807, 2.05) is 71.3 Å².